The summed E-state index contributed by atoms with van der Waals surface area (Å²) in [6.45, 7) is 4.38. The topological polar surface area (TPSA) is 112 Å². The van der Waals surface area contributed by atoms with Gasteiger partial charge in [0.2, 0.25) is 0 Å². The lowest BCUT2D eigenvalue weighted by Gasteiger charge is -2.05. The molecule has 0 radical (unpaired) electrons. The fourth-order valence-electron chi connectivity index (χ4n) is 2.25. The maximum Gasteiger partial charge on any atom is 0.276 e. The normalized spacial score (nSPS) is 10.9. The first-order chi connectivity index (χ1) is 11.1. The molecule has 0 aliphatic rings. The maximum absolute atomic E-state index is 12.0. The van der Waals surface area contributed by atoms with Crippen LogP contribution >= 0.6 is 0 Å². The molecule has 2 aromatic heterocycles. The van der Waals surface area contributed by atoms with Crippen LogP contribution in [0, 0.1) is 5.92 Å². The number of amides is 1. The van der Waals surface area contributed by atoms with E-state index in [4.69, 9.17) is 0 Å². The fourth-order valence-corrected chi connectivity index (χ4v) is 2.25. The van der Waals surface area contributed by atoms with E-state index in [1.54, 1.807) is 6.07 Å². The average Bonchev–Trinajstić information content (AvgIpc) is 3.18. The van der Waals surface area contributed by atoms with Crippen LogP contribution in [0.5, 0.6) is 0 Å². The largest absolute Gasteiger partial charge is 0.286 e. The van der Waals surface area contributed by atoms with Crippen molar-refractivity contribution in [3.63, 3.8) is 0 Å². The molecule has 0 atom stereocenters. The van der Waals surface area contributed by atoms with Crippen molar-refractivity contribution in [2.75, 3.05) is 5.32 Å². The van der Waals surface area contributed by atoms with Crippen LogP contribution in [0.4, 0.5) is 5.95 Å². The molecule has 118 valence electrons. The van der Waals surface area contributed by atoms with E-state index in [9.17, 15) is 4.79 Å². The Morgan fingerprint density at radius 2 is 2.00 bits per heavy atom. The molecule has 0 saturated heterocycles. The number of hydrogen-bond donors (Lipinski definition) is 3. The minimum absolute atomic E-state index is 0.115. The first-order valence-electron chi connectivity index (χ1n) is 7.31. The minimum Gasteiger partial charge on any atom is -0.286 e. The second kappa shape index (κ2) is 6.39. The number of tetrazole rings is 1. The lowest BCUT2D eigenvalue weighted by atomic mass is 10.0. The summed E-state index contributed by atoms with van der Waals surface area (Å²) in [6, 6.07) is 9.88. The third-order valence-electron chi connectivity index (χ3n) is 3.29. The third-order valence-corrected chi connectivity index (χ3v) is 3.29. The van der Waals surface area contributed by atoms with Gasteiger partial charge in [-0.3, -0.25) is 15.2 Å². The van der Waals surface area contributed by atoms with Crippen LogP contribution in [0.3, 0.4) is 0 Å². The van der Waals surface area contributed by atoms with Gasteiger partial charge in [0.15, 0.2) is 0 Å². The summed E-state index contributed by atoms with van der Waals surface area (Å²) in [5.74, 6) is 0.359. The number of carbonyl (C=O) groups excluding carboxylic acids is 1. The van der Waals surface area contributed by atoms with Crippen molar-refractivity contribution in [2.24, 2.45) is 5.92 Å². The Kier molecular flexibility index (Phi) is 4.13. The quantitative estimate of drug-likeness (QED) is 0.667. The molecule has 0 unspecified atom stereocenters. The molecule has 0 aliphatic heterocycles. The molecule has 0 spiro atoms. The van der Waals surface area contributed by atoms with Crippen LogP contribution in [0.1, 0.15) is 29.9 Å². The summed E-state index contributed by atoms with van der Waals surface area (Å²) in [4.78, 5) is 12.0. The van der Waals surface area contributed by atoms with Gasteiger partial charge in [-0.2, -0.15) is 10.3 Å². The summed E-state index contributed by atoms with van der Waals surface area (Å²) in [5.41, 5.74) is 3.28. The molecule has 1 aromatic carbocycles. The minimum atomic E-state index is -0.374. The number of aromatic amines is 2. The molecule has 23 heavy (non-hydrogen) atoms. The summed E-state index contributed by atoms with van der Waals surface area (Å²) in [5, 5.41) is 22.4. The van der Waals surface area contributed by atoms with E-state index in [0.717, 1.165) is 12.0 Å². The van der Waals surface area contributed by atoms with Crippen LogP contribution in [-0.2, 0) is 6.42 Å². The smallest absolute Gasteiger partial charge is 0.276 e. The third kappa shape index (κ3) is 3.60. The van der Waals surface area contributed by atoms with Gasteiger partial charge >= 0.3 is 0 Å². The molecule has 3 rings (SSSR count). The van der Waals surface area contributed by atoms with Crippen molar-refractivity contribution in [1.82, 2.24) is 30.8 Å². The SMILES string of the molecule is CC(C)Cc1ccc(-c2cc(C(=O)Nc3nn[nH]n3)[nH]n2)cc1. The Labute approximate surface area is 132 Å². The Bertz CT molecular complexity index is 775. The highest BCUT2D eigenvalue weighted by Gasteiger charge is 2.13. The van der Waals surface area contributed by atoms with Crippen molar-refractivity contribution in [2.45, 2.75) is 20.3 Å². The highest BCUT2D eigenvalue weighted by Crippen LogP contribution is 2.19. The zero-order valence-corrected chi connectivity index (χ0v) is 12.9. The highest BCUT2D eigenvalue weighted by atomic mass is 16.2. The van der Waals surface area contributed by atoms with Crippen LogP contribution < -0.4 is 5.32 Å². The Morgan fingerprint density at radius 3 is 2.65 bits per heavy atom. The summed E-state index contributed by atoms with van der Waals surface area (Å²) in [7, 11) is 0. The fraction of sp³-hybridized carbons (Fsp3) is 0.267. The van der Waals surface area contributed by atoms with Crippen LogP contribution in [-0.4, -0.2) is 36.7 Å². The number of anilines is 1. The molecule has 1 amide bonds. The van der Waals surface area contributed by atoms with Gasteiger partial charge in [-0.15, -0.1) is 5.10 Å². The lowest BCUT2D eigenvalue weighted by molar-refractivity contribution is 0.102. The van der Waals surface area contributed by atoms with E-state index in [1.807, 2.05) is 12.1 Å². The van der Waals surface area contributed by atoms with Gasteiger partial charge in [0.1, 0.15) is 5.69 Å². The lowest BCUT2D eigenvalue weighted by Crippen LogP contribution is -2.13. The molecular formula is C15H17N7O. The number of hydrogen-bond acceptors (Lipinski definition) is 5. The molecular weight excluding hydrogens is 294 g/mol. The molecule has 0 aliphatic carbocycles. The second-order valence-corrected chi connectivity index (χ2v) is 5.65. The number of carbonyl (C=O) groups is 1. The van der Waals surface area contributed by atoms with Crippen molar-refractivity contribution < 1.29 is 4.79 Å². The molecule has 2 heterocycles. The Morgan fingerprint density at radius 1 is 1.22 bits per heavy atom. The van der Waals surface area contributed by atoms with Crippen molar-refractivity contribution in [1.29, 1.82) is 0 Å². The first-order valence-corrected chi connectivity index (χ1v) is 7.31. The molecule has 8 heteroatoms. The van der Waals surface area contributed by atoms with Gasteiger partial charge in [0, 0.05) is 5.56 Å². The summed E-state index contributed by atoms with van der Waals surface area (Å²) in [6.07, 6.45) is 1.04. The van der Waals surface area contributed by atoms with E-state index in [2.05, 4.69) is 62.1 Å². The monoisotopic (exact) mass is 311 g/mol. The number of nitrogens with zero attached hydrogens (tertiary/aromatic N) is 4. The van der Waals surface area contributed by atoms with Gasteiger partial charge in [-0.05, 0) is 29.2 Å². The summed E-state index contributed by atoms with van der Waals surface area (Å²) < 4.78 is 0. The van der Waals surface area contributed by atoms with Crippen molar-refractivity contribution in [3.05, 3.63) is 41.6 Å². The molecule has 0 bridgehead atoms. The highest BCUT2D eigenvalue weighted by molar-refractivity contribution is 6.02. The maximum atomic E-state index is 12.0. The zero-order valence-electron chi connectivity index (χ0n) is 12.9. The van der Waals surface area contributed by atoms with Gasteiger partial charge in [-0.25, -0.2) is 0 Å². The molecule has 3 N–H and O–H groups in total. The number of rotatable bonds is 5. The Hall–Kier alpha value is -3.03. The molecule has 3 aromatic rings. The van der Waals surface area contributed by atoms with Gasteiger partial charge < -0.3 is 0 Å². The standard InChI is InChI=1S/C15H17N7O/c1-9(2)7-10-3-5-11(6-4-10)12-8-13(18-17-12)14(23)16-15-19-21-22-20-15/h3-6,8-9H,7H2,1-2H3,(H,17,18)(H2,16,19,20,21,22,23). The molecule has 8 nitrogen and oxygen atoms in total. The number of benzene rings is 1. The van der Waals surface area contributed by atoms with Crippen LogP contribution in [0.2, 0.25) is 0 Å². The predicted molar refractivity (Wildman–Crippen MR) is 84.7 cm³/mol. The van der Waals surface area contributed by atoms with E-state index in [0.29, 0.717) is 17.3 Å². The number of aromatic nitrogens is 6. The number of H-pyrrole nitrogens is 2. The van der Waals surface area contributed by atoms with Crippen LogP contribution in [0.15, 0.2) is 30.3 Å². The van der Waals surface area contributed by atoms with E-state index >= 15 is 0 Å². The number of nitrogens with one attached hydrogen (secondary N) is 3. The molecule has 0 fully saturated rings. The summed E-state index contributed by atoms with van der Waals surface area (Å²) >= 11 is 0. The van der Waals surface area contributed by atoms with E-state index < -0.39 is 0 Å². The average molecular weight is 311 g/mol. The molecule has 0 saturated carbocycles. The van der Waals surface area contributed by atoms with Crippen LogP contribution in [0.25, 0.3) is 11.3 Å². The van der Waals surface area contributed by atoms with Gasteiger partial charge in [0.25, 0.3) is 11.9 Å². The van der Waals surface area contributed by atoms with Crippen molar-refractivity contribution in [3.8, 4) is 11.3 Å². The van der Waals surface area contributed by atoms with E-state index in [1.165, 1.54) is 5.56 Å². The Balaban J connectivity index is 1.72. The first kappa shape index (κ1) is 14.9. The van der Waals surface area contributed by atoms with Gasteiger partial charge in [0.05, 0.1) is 5.69 Å². The van der Waals surface area contributed by atoms with E-state index in [-0.39, 0.29) is 11.9 Å². The zero-order chi connectivity index (χ0) is 16.2. The van der Waals surface area contributed by atoms with Gasteiger partial charge in [-0.1, -0.05) is 43.2 Å². The predicted octanol–water partition coefficient (Wildman–Crippen LogP) is 2.04. The van der Waals surface area contributed by atoms with Crippen molar-refractivity contribution >= 4 is 11.9 Å². The second-order valence-electron chi connectivity index (χ2n) is 5.65.